The number of piperidine rings is 1. The summed E-state index contributed by atoms with van der Waals surface area (Å²) in [4.78, 5) is 26.6. The summed E-state index contributed by atoms with van der Waals surface area (Å²) >= 11 is 5.99. The van der Waals surface area contributed by atoms with Gasteiger partial charge >= 0.3 is 0 Å². The van der Waals surface area contributed by atoms with E-state index in [0.717, 1.165) is 5.82 Å². The Morgan fingerprint density at radius 2 is 1.86 bits per heavy atom. The van der Waals surface area contributed by atoms with E-state index in [0.29, 0.717) is 42.2 Å². The summed E-state index contributed by atoms with van der Waals surface area (Å²) in [6, 6.07) is 10.4. The van der Waals surface area contributed by atoms with E-state index in [9.17, 15) is 9.59 Å². The van der Waals surface area contributed by atoms with E-state index in [1.165, 1.54) is 0 Å². The number of anilines is 1. The van der Waals surface area contributed by atoms with Crippen molar-refractivity contribution in [2.45, 2.75) is 12.8 Å². The molecule has 0 bridgehead atoms. The molecule has 0 saturated carbocycles. The third-order valence-corrected chi connectivity index (χ3v) is 5.08. The van der Waals surface area contributed by atoms with Gasteiger partial charge in [-0.2, -0.15) is 4.52 Å². The molecule has 0 radical (unpaired) electrons. The minimum Gasteiger partial charge on any atom is -0.355 e. The Morgan fingerprint density at radius 3 is 2.64 bits per heavy atom. The van der Waals surface area contributed by atoms with Gasteiger partial charge in [0.25, 0.3) is 5.91 Å². The summed E-state index contributed by atoms with van der Waals surface area (Å²) in [5, 5.41) is 12.6. The normalized spacial score (nSPS) is 14.8. The minimum atomic E-state index is -0.442. The average Bonchev–Trinajstić information content (AvgIpc) is 3.20. The van der Waals surface area contributed by atoms with E-state index in [2.05, 4.69) is 31.0 Å². The van der Waals surface area contributed by atoms with Crippen molar-refractivity contribution in [3.05, 3.63) is 53.3 Å². The molecule has 0 unspecified atom stereocenters. The molecule has 1 aliphatic rings. The Hall–Kier alpha value is -3.20. The Balaban J connectivity index is 1.30. The van der Waals surface area contributed by atoms with Crippen molar-refractivity contribution < 1.29 is 9.59 Å². The van der Waals surface area contributed by atoms with Crippen LogP contribution in [0, 0.1) is 5.92 Å². The van der Waals surface area contributed by atoms with Gasteiger partial charge in [0.15, 0.2) is 5.65 Å². The lowest BCUT2D eigenvalue weighted by Crippen LogP contribution is -2.47. The number of rotatable bonds is 3. The molecule has 1 aliphatic heterocycles. The van der Waals surface area contributed by atoms with Gasteiger partial charge in [0.2, 0.25) is 5.91 Å². The first-order valence-corrected chi connectivity index (χ1v) is 9.26. The molecule has 3 aromatic rings. The first-order chi connectivity index (χ1) is 13.6. The van der Waals surface area contributed by atoms with E-state index in [-0.39, 0.29) is 11.8 Å². The van der Waals surface area contributed by atoms with Crippen molar-refractivity contribution in [3.63, 3.8) is 0 Å². The van der Waals surface area contributed by atoms with Crippen LogP contribution in [-0.4, -0.2) is 44.7 Å². The summed E-state index contributed by atoms with van der Waals surface area (Å²) in [7, 11) is 0. The summed E-state index contributed by atoms with van der Waals surface area (Å²) in [6.45, 7) is 1.38. The molecule has 2 aromatic heterocycles. The Labute approximate surface area is 165 Å². The van der Waals surface area contributed by atoms with Crippen molar-refractivity contribution in [3.8, 4) is 0 Å². The van der Waals surface area contributed by atoms with Crippen molar-refractivity contribution >= 4 is 34.9 Å². The van der Waals surface area contributed by atoms with Crippen molar-refractivity contribution in [1.29, 1.82) is 0 Å². The lowest BCUT2D eigenvalue weighted by Gasteiger charge is -2.31. The molecule has 9 nitrogen and oxygen atoms in total. The van der Waals surface area contributed by atoms with E-state index < -0.39 is 5.91 Å². The van der Waals surface area contributed by atoms with Gasteiger partial charge in [-0.1, -0.05) is 23.7 Å². The van der Waals surface area contributed by atoms with Crippen LogP contribution in [0.2, 0.25) is 5.02 Å². The van der Waals surface area contributed by atoms with Gasteiger partial charge in [-0.15, -0.1) is 15.3 Å². The predicted molar refractivity (Wildman–Crippen MR) is 103 cm³/mol. The summed E-state index contributed by atoms with van der Waals surface area (Å²) in [6.07, 6.45) is 2.88. The Bertz CT molecular complexity index is 1010. The number of amides is 2. The SMILES string of the molecule is O=C(NNC(=O)C1CCN(c2ccc3nncn3n2)CC1)c1ccccc1Cl. The molecular formula is C18H18ClN7O2. The fourth-order valence-electron chi connectivity index (χ4n) is 3.19. The maximum atomic E-state index is 12.4. The molecule has 28 heavy (non-hydrogen) atoms. The third kappa shape index (κ3) is 3.74. The lowest BCUT2D eigenvalue weighted by molar-refractivity contribution is -0.126. The second-order valence-corrected chi connectivity index (χ2v) is 6.92. The van der Waals surface area contributed by atoms with Gasteiger partial charge in [-0.25, -0.2) is 0 Å². The molecule has 1 saturated heterocycles. The van der Waals surface area contributed by atoms with Crippen molar-refractivity contribution in [2.24, 2.45) is 5.92 Å². The lowest BCUT2D eigenvalue weighted by atomic mass is 9.96. The van der Waals surface area contributed by atoms with Crippen LogP contribution in [0.3, 0.4) is 0 Å². The number of carbonyl (C=O) groups is 2. The number of hydrogen-bond acceptors (Lipinski definition) is 6. The number of benzene rings is 1. The second kappa shape index (κ2) is 7.81. The van der Waals surface area contributed by atoms with Gasteiger partial charge in [-0.3, -0.25) is 20.4 Å². The number of hydrogen-bond donors (Lipinski definition) is 2. The molecule has 1 fully saturated rings. The quantitative estimate of drug-likeness (QED) is 0.646. The summed E-state index contributed by atoms with van der Waals surface area (Å²) < 4.78 is 1.62. The highest BCUT2D eigenvalue weighted by Crippen LogP contribution is 2.22. The maximum Gasteiger partial charge on any atom is 0.271 e. The highest BCUT2D eigenvalue weighted by molar-refractivity contribution is 6.33. The van der Waals surface area contributed by atoms with Crippen molar-refractivity contribution in [1.82, 2.24) is 30.7 Å². The van der Waals surface area contributed by atoms with Gasteiger partial charge in [-0.05, 0) is 37.1 Å². The zero-order valence-corrected chi connectivity index (χ0v) is 15.6. The van der Waals surface area contributed by atoms with Gasteiger partial charge < -0.3 is 4.90 Å². The number of aromatic nitrogens is 4. The topological polar surface area (TPSA) is 105 Å². The van der Waals surface area contributed by atoms with Crippen LogP contribution in [0.4, 0.5) is 5.82 Å². The van der Waals surface area contributed by atoms with Crippen LogP contribution in [-0.2, 0) is 4.79 Å². The average molecular weight is 400 g/mol. The first kappa shape index (κ1) is 18.2. The molecule has 0 atom stereocenters. The van der Waals surface area contributed by atoms with Crippen LogP contribution in [0.15, 0.2) is 42.7 Å². The smallest absolute Gasteiger partial charge is 0.271 e. The van der Waals surface area contributed by atoms with Gasteiger partial charge in [0, 0.05) is 19.0 Å². The largest absolute Gasteiger partial charge is 0.355 e. The van der Waals surface area contributed by atoms with Crippen LogP contribution in [0.1, 0.15) is 23.2 Å². The van der Waals surface area contributed by atoms with Crippen LogP contribution in [0.25, 0.3) is 5.65 Å². The van der Waals surface area contributed by atoms with Gasteiger partial charge in [0.1, 0.15) is 12.1 Å². The molecule has 10 heteroatoms. The zero-order chi connectivity index (χ0) is 19.5. The molecule has 2 N–H and O–H groups in total. The number of halogens is 1. The molecule has 3 heterocycles. The standard InChI is InChI=1S/C18H18ClN7O2/c19-14-4-2-1-3-13(14)18(28)23-22-17(27)12-7-9-25(10-8-12)16-6-5-15-21-20-11-26(15)24-16/h1-6,11-12H,7-10H2,(H,22,27)(H,23,28). The molecule has 0 spiro atoms. The van der Waals surface area contributed by atoms with Crippen molar-refractivity contribution in [2.75, 3.05) is 18.0 Å². The fraction of sp³-hybridized carbons (Fsp3) is 0.278. The van der Waals surface area contributed by atoms with Gasteiger partial charge in [0.05, 0.1) is 10.6 Å². The Morgan fingerprint density at radius 1 is 1.07 bits per heavy atom. The molecule has 144 valence electrons. The summed E-state index contributed by atoms with van der Waals surface area (Å²) in [5.74, 6) is -0.00952. The van der Waals surface area contributed by atoms with Crippen LogP contribution in [0.5, 0.6) is 0 Å². The number of nitrogens with zero attached hydrogens (tertiary/aromatic N) is 5. The van der Waals surface area contributed by atoms with E-state index >= 15 is 0 Å². The van der Waals surface area contributed by atoms with Crippen LogP contribution >= 0.6 is 11.6 Å². The number of nitrogens with one attached hydrogen (secondary N) is 2. The molecule has 0 aliphatic carbocycles. The maximum absolute atomic E-state index is 12.4. The predicted octanol–water partition coefficient (Wildman–Crippen LogP) is 1.46. The number of fused-ring (bicyclic) bond motifs is 1. The van der Waals surface area contributed by atoms with E-state index in [4.69, 9.17) is 11.6 Å². The molecule has 2 amide bonds. The molecule has 4 rings (SSSR count). The summed E-state index contributed by atoms with van der Waals surface area (Å²) in [5.41, 5.74) is 5.93. The third-order valence-electron chi connectivity index (χ3n) is 4.76. The number of carbonyl (C=O) groups excluding carboxylic acids is 2. The molecular weight excluding hydrogens is 382 g/mol. The van der Waals surface area contributed by atoms with Crippen LogP contribution < -0.4 is 15.8 Å². The monoisotopic (exact) mass is 399 g/mol. The highest BCUT2D eigenvalue weighted by Gasteiger charge is 2.26. The first-order valence-electron chi connectivity index (χ1n) is 8.88. The fourth-order valence-corrected chi connectivity index (χ4v) is 3.41. The number of hydrazine groups is 1. The minimum absolute atomic E-state index is 0.179. The van der Waals surface area contributed by atoms with E-state index in [1.54, 1.807) is 35.1 Å². The second-order valence-electron chi connectivity index (χ2n) is 6.51. The Kier molecular flexibility index (Phi) is 5.07. The van der Waals surface area contributed by atoms with E-state index in [1.807, 2.05) is 12.1 Å². The zero-order valence-electron chi connectivity index (χ0n) is 14.9. The molecule has 1 aromatic carbocycles. The highest BCUT2D eigenvalue weighted by atomic mass is 35.5.